The van der Waals surface area contributed by atoms with Crippen molar-refractivity contribution in [1.82, 2.24) is 10.2 Å². The summed E-state index contributed by atoms with van der Waals surface area (Å²) < 4.78 is 0. The zero-order valence-electron chi connectivity index (χ0n) is 11.8. The van der Waals surface area contributed by atoms with E-state index in [1.54, 1.807) is 25.1 Å². The molecule has 0 aliphatic carbocycles. The fourth-order valence-electron chi connectivity index (χ4n) is 2.26. The highest BCUT2D eigenvalue weighted by Gasteiger charge is 2.35. The summed E-state index contributed by atoms with van der Waals surface area (Å²) in [6, 6.07) is 6.00. The van der Waals surface area contributed by atoms with Crippen molar-refractivity contribution >= 4 is 23.5 Å². The minimum absolute atomic E-state index is 0.132. The predicted molar refractivity (Wildman–Crippen MR) is 77.3 cm³/mol. The Morgan fingerprint density at radius 2 is 2.24 bits per heavy atom. The monoisotopic (exact) mass is 290 g/mol. The molecule has 112 valence electrons. The van der Waals surface area contributed by atoms with E-state index in [0.717, 1.165) is 5.56 Å². The average molecular weight is 290 g/mol. The molecular weight excluding hydrogens is 272 g/mol. The number of hydrogen-bond donors (Lipinski definition) is 3. The minimum atomic E-state index is -0.639. The molecule has 0 saturated carbocycles. The second kappa shape index (κ2) is 6.36. The maximum absolute atomic E-state index is 12.3. The van der Waals surface area contributed by atoms with E-state index in [1.165, 1.54) is 4.90 Å². The van der Waals surface area contributed by atoms with Gasteiger partial charge in [-0.15, -0.1) is 0 Å². The molecule has 7 nitrogen and oxygen atoms in total. The molecule has 4 N–H and O–H groups in total. The van der Waals surface area contributed by atoms with Crippen molar-refractivity contribution in [1.29, 1.82) is 0 Å². The number of urea groups is 1. The third-order valence-electron chi connectivity index (χ3n) is 3.32. The van der Waals surface area contributed by atoms with Crippen molar-refractivity contribution in [2.45, 2.75) is 25.9 Å². The molecule has 21 heavy (non-hydrogen) atoms. The van der Waals surface area contributed by atoms with Crippen LogP contribution < -0.4 is 16.4 Å². The fraction of sp³-hybridized carbons (Fsp3) is 0.357. The van der Waals surface area contributed by atoms with E-state index >= 15 is 0 Å². The third kappa shape index (κ3) is 3.38. The Kier molecular flexibility index (Phi) is 4.54. The smallest absolute Gasteiger partial charge is 0.323 e. The van der Waals surface area contributed by atoms with Crippen molar-refractivity contribution in [3.63, 3.8) is 0 Å². The lowest BCUT2D eigenvalue weighted by Gasteiger charge is -2.33. The van der Waals surface area contributed by atoms with Gasteiger partial charge in [0.15, 0.2) is 0 Å². The van der Waals surface area contributed by atoms with Crippen LogP contribution in [0.1, 0.15) is 18.9 Å². The molecule has 1 saturated heterocycles. The van der Waals surface area contributed by atoms with Gasteiger partial charge in [0.1, 0.15) is 12.6 Å². The molecule has 1 atom stereocenters. The third-order valence-corrected chi connectivity index (χ3v) is 3.32. The maximum atomic E-state index is 12.3. The molecule has 2 rings (SSSR count). The van der Waals surface area contributed by atoms with Crippen LogP contribution in [0.25, 0.3) is 0 Å². The first-order valence-electron chi connectivity index (χ1n) is 6.75. The van der Waals surface area contributed by atoms with E-state index in [2.05, 4.69) is 10.6 Å². The van der Waals surface area contributed by atoms with Crippen molar-refractivity contribution < 1.29 is 14.4 Å². The molecule has 1 heterocycles. The molecule has 1 fully saturated rings. The number of benzene rings is 1. The number of anilines is 1. The molecular formula is C14H18N4O3. The summed E-state index contributed by atoms with van der Waals surface area (Å²) in [6.45, 7) is 2.02. The Bertz CT molecular complexity index is 573. The van der Waals surface area contributed by atoms with Gasteiger partial charge in [0.2, 0.25) is 11.8 Å². The Morgan fingerprint density at radius 1 is 1.48 bits per heavy atom. The Balaban J connectivity index is 2.13. The largest absolute Gasteiger partial charge is 0.326 e. The van der Waals surface area contributed by atoms with Crippen LogP contribution in [0, 0.1) is 0 Å². The average Bonchev–Trinajstić information content (AvgIpc) is 2.46. The first-order valence-corrected chi connectivity index (χ1v) is 6.75. The predicted octanol–water partition coefficient (Wildman–Crippen LogP) is 0.414. The lowest BCUT2D eigenvalue weighted by molar-refractivity contribution is -0.138. The molecule has 1 aliphatic rings. The molecule has 4 amide bonds. The summed E-state index contributed by atoms with van der Waals surface area (Å²) in [5, 5.41) is 4.92. The van der Waals surface area contributed by atoms with Crippen molar-refractivity contribution in [3.8, 4) is 0 Å². The number of nitrogens with zero attached hydrogens (tertiary/aromatic N) is 1. The molecule has 0 spiro atoms. The molecule has 0 radical (unpaired) electrons. The van der Waals surface area contributed by atoms with E-state index in [9.17, 15) is 14.4 Å². The number of nitrogens with two attached hydrogens (primary N) is 1. The Hall–Kier alpha value is -2.41. The van der Waals surface area contributed by atoms with Gasteiger partial charge in [-0.1, -0.05) is 19.1 Å². The number of piperazine rings is 1. The summed E-state index contributed by atoms with van der Waals surface area (Å²) in [4.78, 5) is 36.7. The molecule has 0 aromatic heterocycles. The fourth-order valence-corrected chi connectivity index (χ4v) is 2.26. The zero-order valence-corrected chi connectivity index (χ0v) is 11.8. The number of nitrogens with one attached hydrogen (secondary N) is 2. The highest BCUT2D eigenvalue weighted by molar-refractivity contribution is 6.05. The van der Waals surface area contributed by atoms with Gasteiger partial charge < -0.3 is 16.0 Å². The van der Waals surface area contributed by atoms with Gasteiger partial charge in [-0.3, -0.25) is 14.9 Å². The maximum Gasteiger partial charge on any atom is 0.323 e. The molecule has 7 heteroatoms. The van der Waals surface area contributed by atoms with E-state index < -0.39 is 23.9 Å². The topological polar surface area (TPSA) is 105 Å². The number of amides is 4. The van der Waals surface area contributed by atoms with Crippen LogP contribution in [0.15, 0.2) is 24.3 Å². The lowest BCUT2D eigenvalue weighted by atomic mass is 10.1. The van der Waals surface area contributed by atoms with Gasteiger partial charge in [-0.05, 0) is 24.1 Å². The van der Waals surface area contributed by atoms with E-state index in [1.807, 2.05) is 6.07 Å². The SMILES string of the molecule is CCC1C(=O)NC(=O)CN1C(=O)Nc1cccc(CN)c1. The number of hydrogen-bond acceptors (Lipinski definition) is 4. The van der Waals surface area contributed by atoms with Crippen LogP contribution in [0.5, 0.6) is 0 Å². The standard InChI is InChI=1S/C14H18N4O3/c1-2-11-13(20)17-12(19)8-18(11)14(21)16-10-5-3-4-9(6-10)7-15/h3-6,11H,2,7-8,15H2,1H3,(H,16,21)(H,17,19,20). The summed E-state index contributed by atoms with van der Waals surface area (Å²) in [6.07, 6.45) is 0.440. The second-order valence-electron chi connectivity index (χ2n) is 4.80. The van der Waals surface area contributed by atoms with Crippen molar-refractivity contribution in [3.05, 3.63) is 29.8 Å². The molecule has 1 aromatic rings. The first kappa shape index (κ1) is 15.0. The van der Waals surface area contributed by atoms with Crippen molar-refractivity contribution in [2.24, 2.45) is 5.73 Å². The summed E-state index contributed by atoms with van der Waals surface area (Å²) in [5.41, 5.74) is 7.01. The number of rotatable bonds is 3. The van der Waals surface area contributed by atoms with Gasteiger partial charge in [-0.2, -0.15) is 0 Å². The van der Waals surface area contributed by atoms with Crippen LogP contribution in [-0.2, 0) is 16.1 Å². The van der Waals surface area contributed by atoms with E-state index in [4.69, 9.17) is 5.73 Å². The van der Waals surface area contributed by atoms with Crippen molar-refractivity contribution in [2.75, 3.05) is 11.9 Å². The number of carbonyl (C=O) groups excluding carboxylic acids is 3. The molecule has 1 aromatic carbocycles. The van der Waals surface area contributed by atoms with E-state index in [-0.39, 0.29) is 6.54 Å². The van der Waals surface area contributed by atoms with Gasteiger partial charge in [0.25, 0.3) is 0 Å². The zero-order chi connectivity index (χ0) is 15.4. The van der Waals surface area contributed by atoms with Crippen LogP contribution in [0.4, 0.5) is 10.5 Å². The van der Waals surface area contributed by atoms with E-state index in [0.29, 0.717) is 18.7 Å². The lowest BCUT2D eigenvalue weighted by Crippen LogP contribution is -2.60. The minimum Gasteiger partial charge on any atom is -0.326 e. The highest BCUT2D eigenvalue weighted by Crippen LogP contribution is 2.14. The molecule has 1 aliphatic heterocycles. The first-order chi connectivity index (χ1) is 10.0. The van der Waals surface area contributed by atoms with Crippen LogP contribution in [0.2, 0.25) is 0 Å². The summed E-state index contributed by atoms with van der Waals surface area (Å²) >= 11 is 0. The summed E-state index contributed by atoms with van der Waals surface area (Å²) in [7, 11) is 0. The van der Waals surface area contributed by atoms with Crippen LogP contribution in [-0.4, -0.2) is 35.3 Å². The van der Waals surface area contributed by atoms with Crippen LogP contribution in [0.3, 0.4) is 0 Å². The quantitative estimate of drug-likeness (QED) is 0.701. The van der Waals surface area contributed by atoms with Gasteiger partial charge >= 0.3 is 6.03 Å². The highest BCUT2D eigenvalue weighted by atomic mass is 16.2. The number of imide groups is 1. The molecule has 1 unspecified atom stereocenters. The van der Waals surface area contributed by atoms with Gasteiger partial charge in [0, 0.05) is 12.2 Å². The molecule has 0 bridgehead atoms. The summed E-state index contributed by atoms with van der Waals surface area (Å²) in [5.74, 6) is -0.921. The number of carbonyl (C=O) groups is 3. The van der Waals surface area contributed by atoms with Gasteiger partial charge in [-0.25, -0.2) is 4.79 Å². The normalized spacial score (nSPS) is 18.4. The Morgan fingerprint density at radius 3 is 2.90 bits per heavy atom. The van der Waals surface area contributed by atoms with Gasteiger partial charge in [0.05, 0.1) is 0 Å². The Labute approximate surface area is 122 Å². The van der Waals surface area contributed by atoms with Crippen LogP contribution >= 0.6 is 0 Å². The second-order valence-corrected chi connectivity index (χ2v) is 4.80.